The third-order valence-corrected chi connectivity index (χ3v) is 6.80. The van der Waals surface area contributed by atoms with E-state index in [0.29, 0.717) is 17.9 Å². The number of hydrogen-bond acceptors (Lipinski definition) is 7. The predicted octanol–water partition coefficient (Wildman–Crippen LogP) is 4.97. The Hall–Kier alpha value is -2.80. The Morgan fingerprint density at radius 1 is 1.24 bits per heavy atom. The minimum absolute atomic E-state index is 0.0732. The molecule has 8 nitrogen and oxygen atoms in total. The Morgan fingerprint density at radius 3 is 2.42 bits per heavy atom. The Kier molecular flexibility index (Phi) is 8.42. The monoisotopic (exact) mass is 559 g/mol. The highest BCUT2D eigenvalue weighted by Crippen LogP contribution is 2.40. The molecule has 2 aromatic heterocycles. The van der Waals surface area contributed by atoms with E-state index in [1.807, 2.05) is 20.8 Å². The molecule has 3 heterocycles. The van der Waals surface area contributed by atoms with Crippen molar-refractivity contribution in [2.45, 2.75) is 72.0 Å². The van der Waals surface area contributed by atoms with Gasteiger partial charge in [-0.05, 0) is 32.3 Å². The van der Waals surface area contributed by atoms with Crippen LogP contribution in [0.15, 0.2) is 12.3 Å². The van der Waals surface area contributed by atoms with Gasteiger partial charge in [-0.1, -0.05) is 20.8 Å². The fourth-order valence-corrected chi connectivity index (χ4v) is 4.84. The topological polar surface area (TPSA) is 107 Å². The molecule has 1 aliphatic rings. The van der Waals surface area contributed by atoms with E-state index in [1.165, 1.54) is 26.8 Å². The minimum Gasteiger partial charge on any atom is -0.389 e. The van der Waals surface area contributed by atoms with Crippen molar-refractivity contribution < 1.29 is 32.3 Å². The Bertz CT molecular complexity index is 1190. The number of thiazole rings is 1. The van der Waals surface area contributed by atoms with E-state index >= 15 is 0 Å². The standard InChI is InChI=1S/C25H33F4N5O3S/c1-13-8-25(28,29)12-34(13)22(36)17-18(38-21(33-17)20(35)32-11-24(5,6)37)15-9-30-16(7-14(15)19(26)27)31-10-23(2,3)4/h7,9,13,19,37H,8,10-12H2,1-6H3,(H,30,31)(H,32,35)/t13-/m0/s1. The summed E-state index contributed by atoms with van der Waals surface area (Å²) in [4.78, 5) is 35.3. The van der Waals surface area contributed by atoms with Crippen LogP contribution in [0.1, 0.15) is 80.2 Å². The lowest BCUT2D eigenvalue weighted by Gasteiger charge is -2.21. The molecule has 3 N–H and O–H groups in total. The van der Waals surface area contributed by atoms with Crippen LogP contribution in [0, 0.1) is 5.41 Å². The molecule has 38 heavy (non-hydrogen) atoms. The highest BCUT2D eigenvalue weighted by Gasteiger charge is 2.46. The second-order valence-corrected chi connectivity index (χ2v) is 12.4. The van der Waals surface area contributed by atoms with E-state index in [2.05, 4.69) is 20.6 Å². The summed E-state index contributed by atoms with van der Waals surface area (Å²) in [7, 11) is 0. The number of aromatic nitrogens is 2. The van der Waals surface area contributed by atoms with Crippen molar-refractivity contribution in [1.29, 1.82) is 0 Å². The van der Waals surface area contributed by atoms with Crippen molar-refractivity contribution in [2.75, 3.05) is 25.0 Å². The summed E-state index contributed by atoms with van der Waals surface area (Å²) in [5.41, 5.74) is -2.34. The van der Waals surface area contributed by atoms with Crippen LogP contribution in [-0.2, 0) is 0 Å². The number of anilines is 1. The quantitative estimate of drug-likeness (QED) is 0.394. The SMILES string of the molecule is C[C@H]1CC(F)(F)CN1C(=O)c1nc(C(=O)NCC(C)(C)O)sc1-c1cnc(NCC(C)(C)C)cc1C(F)F. The number of halogens is 4. The summed E-state index contributed by atoms with van der Waals surface area (Å²) in [6.45, 7) is 9.77. The third-order valence-electron chi connectivity index (χ3n) is 5.71. The molecule has 1 atom stereocenters. The highest BCUT2D eigenvalue weighted by molar-refractivity contribution is 7.17. The number of amides is 2. The summed E-state index contributed by atoms with van der Waals surface area (Å²) >= 11 is 0.681. The molecule has 1 saturated heterocycles. The first-order valence-corrected chi connectivity index (χ1v) is 12.9. The molecule has 1 fully saturated rings. The van der Waals surface area contributed by atoms with E-state index in [1.54, 1.807) is 0 Å². The molecule has 0 spiro atoms. The third kappa shape index (κ3) is 7.40. The average Bonchev–Trinajstić information content (AvgIpc) is 3.34. The molecule has 0 unspecified atom stereocenters. The van der Waals surface area contributed by atoms with Gasteiger partial charge in [0.15, 0.2) is 5.01 Å². The number of nitrogens with one attached hydrogen (secondary N) is 2. The lowest BCUT2D eigenvalue weighted by molar-refractivity contribution is 0.0118. The van der Waals surface area contributed by atoms with Gasteiger partial charge in [0.05, 0.1) is 17.0 Å². The molecule has 2 amide bonds. The van der Waals surface area contributed by atoms with Crippen molar-refractivity contribution in [1.82, 2.24) is 20.2 Å². The van der Waals surface area contributed by atoms with Crippen molar-refractivity contribution >= 4 is 29.0 Å². The first-order valence-electron chi connectivity index (χ1n) is 12.1. The molecular formula is C25H33F4N5O3S. The summed E-state index contributed by atoms with van der Waals surface area (Å²) in [6, 6.07) is 0.344. The molecule has 1 aliphatic heterocycles. The number of rotatable bonds is 8. The molecule has 0 aliphatic carbocycles. The second-order valence-electron chi connectivity index (χ2n) is 11.4. The maximum atomic E-state index is 14.2. The van der Waals surface area contributed by atoms with Crippen LogP contribution in [0.2, 0.25) is 0 Å². The van der Waals surface area contributed by atoms with E-state index in [9.17, 15) is 32.3 Å². The Labute approximate surface area is 222 Å². The number of pyridine rings is 1. The maximum absolute atomic E-state index is 14.2. The van der Waals surface area contributed by atoms with Crippen LogP contribution in [0.25, 0.3) is 10.4 Å². The fraction of sp³-hybridized carbons (Fsp3) is 0.600. The number of alkyl halides is 4. The van der Waals surface area contributed by atoms with Gasteiger partial charge in [0.1, 0.15) is 11.5 Å². The molecule has 3 rings (SSSR count). The first-order chi connectivity index (χ1) is 17.4. The lowest BCUT2D eigenvalue weighted by atomic mass is 9.97. The minimum atomic E-state index is -3.10. The van der Waals surface area contributed by atoms with Gasteiger partial charge in [-0.25, -0.2) is 27.5 Å². The molecule has 13 heteroatoms. The van der Waals surface area contributed by atoms with Gasteiger partial charge < -0.3 is 20.6 Å². The molecular weight excluding hydrogens is 526 g/mol. The van der Waals surface area contributed by atoms with Crippen molar-refractivity contribution in [3.05, 3.63) is 28.5 Å². The smallest absolute Gasteiger partial charge is 0.280 e. The summed E-state index contributed by atoms with van der Waals surface area (Å²) in [5, 5.41) is 15.2. The number of carbonyl (C=O) groups is 2. The van der Waals surface area contributed by atoms with E-state index in [4.69, 9.17) is 0 Å². The molecule has 0 saturated carbocycles. The van der Waals surface area contributed by atoms with Gasteiger partial charge in [0.2, 0.25) is 0 Å². The van der Waals surface area contributed by atoms with Crippen LogP contribution in [-0.4, -0.2) is 69.0 Å². The maximum Gasteiger partial charge on any atom is 0.280 e. The largest absolute Gasteiger partial charge is 0.389 e. The molecule has 0 radical (unpaired) electrons. The number of nitrogens with zero attached hydrogens (tertiary/aromatic N) is 3. The Morgan fingerprint density at radius 2 is 1.89 bits per heavy atom. The highest BCUT2D eigenvalue weighted by atomic mass is 32.1. The number of hydrogen-bond donors (Lipinski definition) is 3. The fourth-order valence-electron chi connectivity index (χ4n) is 3.83. The van der Waals surface area contributed by atoms with E-state index in [0.717, 1.165) is 11.1 Å². The van der Waals surface area contributed by atoms with Gasteiger partial charge in [0, 0.05) is 42.9 Å². The predicted molar refractivity (Wildman–Crippen MR) is 137 cm³/mol. The lowest BCUT2D eigenvalue weighted by Crippen LogP contribution is -2.38. The molecule has 2 aromatic rings. The van der Waals surface area contributed by atoms with Crippen LogP contribution in [0.4, 0.5) is 23.4 Å². The zero-order valence-electron chi connectivity index (χ0n) is 22.2. The van der Waals surface area contributed by atoms with Crippen LogP contribution in [0.3, 0.4) is 0 Å². The summed E-state index contributed by atoms with van der Waals surface area (Å²) in [5.74, 6) is -4.54. The average molecular weight is 560 g/mol. The molecule has 0 bridgehead atoms. The molecule has 210 valence electrons. The first kappa shape index (κ1) is 29.8. The second kappa shape index (κ2) is 10.8. The molecule has 0 aromatic carbocycles. The Balaban J connectivity index is 2.08. The van der Waals surface area contributed by atoms with Crippen LogP contribution >= 0.6 is 11.3 Å². The van der Waals surface area contributed by atoms with E-state index in [-0.39, 0.29) is 38.9 Å². The van der Waals surface area contributed by atoms with Gasteiger partial charge in [0.25, 0.3) is 24.2 Å². The van der Waals surface area contributed by atoms with Crippen LogP contribution in [0.5, 0.6) is 0 Å². The number of carbonyl (C=O) groups excluding carboxylic acids is 2. The summed E-state index contributed by atoms with van der Waals surface area (Å²) in [6.07, 6.45) is -2.34. The van der Waals surface area contributed by atoms with E-state index < -0.39 is 54.3 Å². The van der Waals surface area contributed by atoms with Gasteiger partial charge in [-0.2, -0.15) is 0 Å². The van der Waals surface area contributed by atoms with Gasteiger partial charge >= 0.3 is 0 Å². The zero-order chi connectivity index (χ0) is 28.6. The number of aliphatic hydroxyl groups is 1. The van der Waals surface area contributed by atoms with Crippen LogP contribution < -0.4 is 10.6 Å². The van der Waals surface area contributed by atoms with Gasteiger partial charge in [-0.3, -0.25) is 9.59 Å². The normalized spacial score (nSPS) is 17.7. The zero-order valence-corrected chi connectivity index (χ0v) is 23.0. The van der Waals surface area contributed by atoms with Crippen molar-refractivity contribution in [3.63, 3.8) is 0 Å². The number of likely N-dealkylation sites (tertiary alicyclic amines) is 1. The van der Waals surface area contributed by atoms with Crippen molar-refractivity contribution in [2.24, 2.45) is 5.41 Å². The van der Waals surface area contributed by atoms with Gasteiger partial charge in [-0.15, -0.1) is 11.3 Å². The van der Waals surface area contributed by atoms with Crippen molar-refractivity contribution in [3.8, 4) is 10.4 Å². The summed E-state index contributed by atoms with van der Waals surface area (Å²) < 4.78 is 56.5.